The van der Waals surface area contributed by atoms with Crippen LogP contribution in [0.4, 0.5) is 11.7 Å². The number of unbranched alkanes of at least 4 members (excludes halogenated alkanes) is 1. The molecular weight excluding hydrogens is 241 g/mol. The van der Waals surface area contributed by atoms with Gasteiger partial charge in [0.25, 0.3) is 11.2 Å². The Morgan fingerprint density at radius 2 is 1.94 bits per heavy atom. The van der Waals surface area contributed by atoms with Gasteiger partial charge in [0.05, 0.1) is 6.67 Å². The first-order valence-corrected chi connectivity index (χ1v) is 6.28. The number of hydrogen-bond donors (Lipinski definition) is 0. The van der Waals surface area contributed by atoms with Crippen molar-refractivity contribution < 1.29 is 16.5 Å². The Bertz CT molecular complexity index is 233. The molecule has 0 saturated carbocycles. The molecule has 0 N–H and O–H groups in total. The fourth-order valence-corrected chi connectivity index (χ4v) is 1.10. The van der Waals surface area contributed by atoms with Crippen molar-refractivity contribution in [3.63, 3.8) is 0 Å². The maximum absolute atomic E-state index is 10.5. The molecule has 1 rings (SSSR count). The SMILES string of the molecule is CCCCN1C=CN(C)C1.O=CS(F)(F)F. The lowest BCUT2D eigenvalue weighted by molar-refractivity contribution is 0.293. The molecule has 0 aromatic rings. The van der Waals surface area contributed by atoms with Gasteiger partial charge in [0.2, 0.25) is 5.62 Å². The van der Waals surface area contributed by atoms with E-state index in [4.69, 9.17) is 4.79 Å². The van der Waals surface area contributed by atoms with Crippen LogP contribution in [0, 0.1) is 0 Å². The number of rotatable bonds is 4. The van der Waals surface area contributed by atoms with Crippen LogP contribution < -0.4 is 0 Å². The highest BCUT2D eigenvalue weighted by Crippen LogP contribution is 2.49. The molecular formula is C9H17F3N2OS. The van der Waals surface area contributed by atoms with Gasteiger partial charge in [0.15, 0.2) is 0 Å². The summed E-state index contributed by atoms with van der Waals surface area (Å²) in [4.78, 5) is 13.3. The second kappa shape index (κ2) is 7.43. The van der Waals surface area contributed by atoms with Crippen LogP contribution in [-0.2, 0) is 4.79 Å². The highest BCUT2D eigenvalue weighted by atomic mass is 32.3. The van der Waals surface area contributed by atoms with Gasteiger partial charge in [-0.1, -0.05) is 13.3 Å². The van der Waals surface area contributed by atoms with Gasteiger partial charge < -0.3 is 9.80 Å². The second-order valence-electron chi connectivity index (χ2n) is 3.40. The molecule has 0 radical (unpaired) electrons. The third-order valence-electron chi connectivity index (χ3n) is 1.84. The quantitative estimate of drug-likeness (QED) is 0.724. The van der Waals surface area contributed by atoms with E-state index in [0.29, 0.717) is 0 Å². The van der Waals surface area contributed by atoms with E-state index in [2.05, 4.69) is 36.2 Å². The molecule has 7 heteroatoms. The Morgan fingerprint density at radius 1 is 1.38 bits per heavy atom. The summed E-state index contributed by atoms with van der Waals surface area (Å²) in [5.74, 6) is 0. The first-order valence-electron chi connectivity index (χ1n) is 4.89. The van der Waals surface area contributed by atoms with Gasteiger partial charge in [-0.05, 0) is 6.42 Å². The van der Waals surface area contributed by atoms with E-state index in [1.165, 1.54) is 19.4 Å². The minimum atomic E-state index is -5.34. The summed E-state index contributed by atoms with van der Waals surface area (Å²) in [6.45, 7) is 4.50. The van der Waals surface area contributed by atoms with Crippen molar-refractivity contribution in [3.05, 3.63) is 12.4 Å². The molecule has 0 amide bonds. The minimum Gasteiger partial charge on any atom is -0.362 e. The number of carbonyl (C=O) groups excluding carboxylic acids is 1. The van der Waals surface area contributed by atoms with Gasteiger partial charge in [-0.15, -0.1) is 11.7 Å². The standard InChI is InChI=1S/C8H16N2.CHF3OS/c1-3-4-5-10-7-6-9(2)8-10;2-6(3,4)1-5/h6-7H,3-5,8H2,1-2H3;1H. The summed E-state index contributed by atoms with van der Waals surface area (Å²) in [6.07, 6.45) is 6.87. The number of nitrogens with zero attached hydrogens (tertiary/aromatic N) is 2. The first-order chi connectivity index (χ1) is 7.39. The van der Waals surface area contributed by atoms with E-state index < -0.39 is 16.8 Å². The van der Waals surface area contributed by atoms with Crippen LogP contribution in [0.15, 0.2) is 12.4 Å². The Labute approximate surface area is 96.1 Å². The second-order valence-corrected chi connectivity index (χ2v) is 4.48. The summed E-state index contributed by atoms with van der Waals surface area (Å²) in [6, 6.07) is 0. The van der Waals surface area contributed by atoms with Crippen molar-refractivity contribution in [2.75, 3.05) is 20.3 Å². The van der Waals surface area contributed by atoms with Crippen LogP contribution in [-0.4, -0.2) is 35.7 Å². The van der Waals surface area contributed by atoms with Crippen molar-refractivity contribution in [1.82, 2.24) is 9.80 Å². The molecule has 16 heavy (non-hydrogen) atoms. The molecule has 0 spiro atoms. The van der Waals surface area contributed by atoms with E-state index in [9.17, 15) is 11.7 Å². The van der Waals surface area contributed by atoms with E-state index in [-0.39, 0.29) is 0 Å². The molecule has 1 aliphatic heterocycles. The predicted molar refractivity (Wildman–Crippen MR) is 61.0 cm³/mol. The Kier molecular flexibility index (Phi) is 7.03. The lowest BCUT2D eigenvalue weighted by Crippen LogP contribution is -2.23. The summed E-state index contributed by atoms with van der Waals surface area (Å²) in [5.41, 5.74) is -0.979. The molecule has 0 atom stereocenters. The average molecular weight is 258 g/mol. The molecule has 0 aromatic carbocycles. The van der Waals surface area contributed by atoms with E-state index >= 15 is 0 Å². The van der Waals surface area contributed by atoms with Crippen LogP contribution in [0.3, 0.4) is 0 Å². The number of halogens is 3. The van der Waals surface area contributed by atoms with Crippen LogP contribution in [0.2, 0.25) is 0 Å². The molecule has 0 aromatic heterocycles. The maximum Gasteiger partial charge on any atom is 0.268 e. The van der Waals surface area contributed by atoms with Gasteiger partial charge in [0.1, 0.15) is 0 Å². The van der Waals surface area contributed by atoms with Crippen LogP contribution in [0.1, 0.15) is 19.8 Å². The van der Waals surface area contributed by atoms with Crippen molar-refractivity contribution in [1.29, 1.82) is 0 Å². The van der Waals surface area contributed by atoms with Crippen LogP contribution in [0.5, 0.6) is 0 Å². The fourth-order valence-electron chi connectivity index (χ4n) is 1.10. The van der Waals surface area contributed by atoms with Crippen LogP contribution >= 0.6 is 11.2 Å². The van der Waals surface area contributed by atoms with Crippen molar-refractivity contribution in [2.45, 2.75) is 19.8 Å². The molecule has 96 valence electrons. The summed E-state index contributed by atoms with van der Waals surface area (Å²) < 4.78 is 31.5. The van der Waals surface area contributed by atoms with Crippen LogP contribution in [0.25, 0.3) is 0 Å². The lowest BCUT2D eigenvalue weighted by atomic mass is 10.3. The zero-order valence-electron chi connectivity index (χ0n) is 9.41. The summed E-state index contributed by atoms with van der Waals surface area (Å²) in [7, 11) is 2.10. The Balaban J connectivity index is 0.000000325. The molecule has 3 nitrogen and oxygen atoms in total. The number of carbonyl (C=O) groups is 1. The lowest BCUT2D eigenvalue weighted by Gasteiger charge is -2.17. The predicted octanol–water partition coefficient (Wildman–Crippen LogP) is 3.10. The summed E-state index contributed by atoms with van der Waals surface area (Å²) in [5, 5.41) is 0. The monoisotopic (exact) mass is 258 g/mol. The normalized spacial score (nSPS) is 15.8. The molecule has 0 saturated heterocycles. The largest absolute Gasteiger partial charge is 0.362 e. The molecule has 0 fully saturated rings. The van der Waals surface area contributed by atoms with Crippen molar-refractivity contribution in [3.8, 4) is 0 Å². The summed E-state index contributed by atoms with van der Waals surface area (Å²) >= 11 is -5.34. The van der Waals surface area contributed by atoms with Gasteiger partial charge >= 0.3 is 0 Å². The molecule has 0 unspecified atom stereocenters. The average Bonchev–Trinajstić information content (AvgIpc) is 2.61. The zero-order chi connectivity index (χ0) is 12.6. The van der Waals surface area contributed by atoms with Gasteiger partial charge in [-0.25, -0.2) is 0 Å². The minimum absolute atomic E-state index is 0.979. The van der Waals surface area contributed by atoms with E-state index in [1.54, 1.807) is 0 Å². The highest BCUT2D eigenvalue weighted by molar-refractivity contribution is 8.32. The smallest absolute Gasteiger partial charge is 0.268 e. The highest BCUT2D eigenvalue weighted by Gasteiger charge is 2.17. The van der Waals surface area contributed by atoms with Crippen molar-refractivity contribution >= 4 is 16.8 Å². The number of hydrogen-bond acceptors (Lipinski definition) is 3. The van der Waals surface area contributed by atoms with E-state index in [1.807, 2.05) is 0 Å². The first kappa shape index (κ1) is 15.2. The molecule has 1 aliphatic rings. The zero-order valence-corrected chi connectivity index (χ0v) is 10.2. The van der Waals surface area contributed by atoms with Gasteiger partial charge in [-0.2, -0.15) is 0 Å². The van der Waals surface area contributed by atoms with E-state index in [0.717, 1.165) is 6.67 Å². The topological polar surface area (TPSA) is 23.6 Å². The fraction of sp³-hybridized carbons (Fsp3) is 0.667. The molecule has 0 bridgehead atoms. The Morgan fingerprint density at radius 3 is 2.25 bits per heavy atom. The van der Waals surface area contributed by atoms with Crippen molar-refractivity contribution in [2.24, 2.45) is 0 Å². The maximum atomic E-state index is 10.5. The third-order valence-corrected chi connectivity index (χ3v) is 2.06. The third kappa shape index (κ3) is 8.46. The molecule has 1 heterocycles. The van der Waals surface area contributed by atoms with Gasteiger partial charge in [-0.3, -0.25) is 4.79 Å². The Hall–Kier alpha value is -0.850. The van der Waals surface area contributed by atoms with Gasteiger partial charge in [0, 0.05) is 26.0 Å². The molecule has 0 aliphatic carbocycles.